The fourth-order valence-corrected chi connectivity index (χ4v) is 3.34. The van der Waals surface area contributed by atoms with E-state index in [-0.39, 0.29) is 11.9 Å². The van der Waals surface area contributed by atoms with Crippen molar-refractivity contribution in [1.82, 2.24) is 20.1 Å². The van der Waals surface area contributed by atoms with E-state index in [1.165, 1.54) is 17.5 Å². The number of aromatic nitrogens is 1. The van der Waals surface area contributed by atoms with Crippen molar-refractivity contribution in [2.75, 3.05) is 45.2 Å². The second kappa shape index (κ2) is 9.89. The van der Waals surface area contributed by atoms with Crippen LogP contribution in [0.3, 0.4) is 0 Å². The molecule has 1 aromatic heterocycles. The minimum absolute atomic E-state index is 0.134. The molecule has 0 saturated carbocycles. The highest BCUT2D eigenvalue weighted by molar-refractivity contribution is 5.92. The standard InChI is InChI=1S/C22H33N5O2/c1-5-17(2)23-22(28)20-16-29-21(24-20)15-27-12-10-26(11-13-27)14-18-6-8-19(9-7-18)25(3)4/h6-9,16-17H,5,10-15H2,1-4H3,(H,23,28). The van der Waals surface area contributed by atoms with E-state index >= 15 is 0 Å². The number of carbonyl (C=O) groups excluding carboxylic acids is 1. The third-order valence-electron chi connectivity index (χ3n) is 5.46. The molecule has 29 heavy (non-hydrogen) atoms. The van der Waals surface area contributed by atoms with Crippen LogP contribution in [0.25, 0.3) is 0 Å². The minimum Gasteiger partial charge on any atom is -0.447 e. The van der Waals surface area contributed by atoms with Gasteiger partial charge in [0.05, 0.1) is 6.54 Å². The zero-order valence-corrected chi connectivity index (χ0v) is 18.0. The van der Waals surface area contributed by atoms with E-state index in [4.69, 9.17) is 4.42 Å². The number of amides is 1. The molecule has 1 fully saturated rings. The molecule has 0 radical (unpaired) electrons. The maximum absolute atomic E-state index is 12.1. The number of anilines is 1. The first-order valence-electron chi connectivity index (χ1n) is 10.4. The first-order chi connectivity index (χ1) is 13.9. The van der Waals surface area contributed by atoms with Crippen molar-refractivity contribution < 1.29 is 9.21 Å². The molecule has 2 aromatic rings. The summed E-state index contributed by atoms with van der Waals surface area (Å²) in [6.07, 6.45) is 2.35. The molecule has 1 N–H and O–H groups in total. The number of nitrogens with zero attached hydrogens (tertiary/aromatic N) is 4. The maximum Gasteiger partial charge on any atom is 0.273 e. The zero-order chi connectivity index (χ0) is 20.8. The lowest BCUT2D eigenvalue weighted by atomic mass is 10.1. The lowest BCUT2D eigenvalue weighted by Gasteiger charge is -2.34. The molecule has 3 rings (SSSR count). The number of carbonyl (C=O) groups is 1. The average Bonchev–Trinajstić information content (AvgIpc) is 3.18. The summed E-state index contributed by atoms with van der Waals surface area (Å²) in [5.74, 6) is 0.437. The van der Waals surface area contributed by atoms with E-state index in [0.717, 1.165) is 39.1 Å². The van der Waals surface area contributed by atoms with Gasteiger partial charge in [0.2, 0.25) is 5.89 Å². The van der Waals surface area contributed by atoms with Crippen molar-refractivity contribution in [3.05, 3.63) is 47.7 Å². The molecule has 1 aromatic carbocycles. The van der Waals surface area contributed by atoms with Crippen LogP contribution < -0.4 is 10.2 Å². The van der Waals surface area contributed by atoms with Crippen LogP contribution in [-0.2, 0) is 13.1 Å². The molecular weight excluding hydrogens is 366 g/mol. The predicted molar refractivity (Wildman–Crippen MR) is 115 cm³/mol. The number of rotatable bonds is 8. The molecule has 7 heteroatoms. The summed E-state index contributed by atoms with van der Waals surface area (Å²) in [6.45, 7) is 9.59. The number of hydrogen-bond donors (Lipinski definition) is 1. The number of oxazole rings is 1. The number of piperazine rings is 1. The largest absolute Gasteiger partial charge is 0.447 e. The minimum atomic E-state index is -0.167. The third-order valence-corrected chi connectivity index (χ3v) is 5.46. The van der Waals surface area contributed by atoms with Crippen molar-refractivity contribution in [1.29, 1.82) is 0 Å². The first kappa shape index (κ1) is 21.3. The molecule has 7 nitrogen and oxygen atoms in total. The quantitative estimate of drug-likeness (QED) is 0.736. The fraction of sp³-hybridized carbons (Fsp3) is 0.545. The summed E-state index contributed by atoms with van der Waals surface area (Å²) < 4.78 is 5.53. The highest BCUT2D eigenvalue weighted by Crippen LogP contribution is 2.15. The highest BCUT2D eigenvalue weighted by atomic mass is 16.3. The Morgan fingerprint density at radius 2 is 1.76 bits per heavy atom. The van der Waals surface area contributed by atoms with E-state index in [1.54, 1.807) is 0 Å². The lowest BCUT2D eigenvalue weighted by Crippen LogP contribution is -2.45. The first-order valence-corrected chi connectivity index (χ1v) is 10.4. The van der Waals surface area contributed by atoms with Gasteiger partial charge in [0, 0.05) is 58.5 Å². The number of benzene rings is 1. The van der Waals surface area contributed by atoms with Gasteiger partial charge in [-0.05, 0) is 31.0 Å². The number of hydrogen-bond acceptors (Lipinski definition) is 6. The molecule has 2 heterocycles. The van der Waals surface area contributed by atoms with Crippen molar-refractivity contribution in [3.8, 4) is 0 Å². The molecule has 1 aliphatic rings. The van der Waals surface area contributed by atoms with Gasteiger partial charge in [0.25, 0.3) is 5.91 Å². The van der Waals surface area contributed by atoms with Gasteiger partial charge in [0.1, 0.15) is 6.26 Å². The van der Waals surface area contributed by atoms with E-state index in [2.05, 4.69) is 63.4 Å². The molecule has 0 aliphatic carbocycles. The summed E-state index contributed by atoms with van der Waals surface area (Å²) in [5.41, 5.74) is 2.93. The Kier molecular flexibility index (Phi) is 7.28. The molecule has 158 valence electrons. The maximum atomic E-state index is 12.1. The lowest BCUT2D eigenvalue weighted by molar-refractivity contribution is 0.0934. The van der Waals surface area contributed by atoms with Gasteiger partial charge in [-0.2, -0.15) is 0 Å². The van der Waals surface area contributed by atoms with Gasteiger partial charge >= 0.3 is 0 Å². The van der Waals surface area contributed by atoms with Gasteiger partial charge in [-0.15, -0.1) is 0 Å². The summed E-state index contributed by atoms with van der Waals surface area (Å²) in [5, 5.41) is 2.92. The van der Waals surface area contributed by atoms with Crippen LogP contribution in [0, 0.1) is 0 Å². The van der Waals surface area contributed by atoms with Crippen LogP contribution >= 0.6 is 0 Å². The molecular formula is C22H33N5O2. The van der Waals surface area contributed by atoms with E-state index in [9.17, 15) is 4.79 Å². The number of nitrogens with one attached hydrogen (secondary N) is 1. The summed E-state index contributed by atoms with van der Waals surface area (Å²) >= 11 is 0. The van der Waals surface area contributed by atoms with Gasteiger partial charge in [-0.3, -0.25) is 14.6 Å². The Bertz CT molecular complexity index is 779. The molecule has 1 atom stereocenters. The zero-order valence-electron chi connectivity index (χ0n) is 18.0. The van der Waals surface area contributed by atoms with Crippen LogP contribution in [0.5, 0.6) is 0 Å². The van der Waals surface area contributed by atoms with Crippen molar-refractivity contribution in [2.45, 2.75) is 39.4 Å². The Labute approximate surface area is 173 Å². The molecule has 1 saturated heterocycles. The average molecular weight is 400 g/mol. The Balaban J connectivity index is 1.44. The van der Waals surface area contributed by atoms with E-state index in [0.29, 0.717) is 18.1 Å². The molecule has 0 bridgehead atoms. The predicted octanol–water partition coefficient (Wildman–Crippen LogP) is 2.59. The topological polar surface area (TPSA) is 64.9 Å². The Morgan fingerprint density at radius 1 is 1.14 bits per heavy atom. The monoisotopic (exact) mass is 399 g/mol. The third kappa shape index (κ3) is 6.05. The molecule has 0 spiro atoms. The Hall–Kier alpha value is -2.38. The van der Waals surface area contributed by atoms with Gasteiger partial charge in [-0.1, -0.05) is 19.1 Å². The van der Waals surface area contributed by atoms with Gasteiger partial charge in [0.15, 0.2) is 5.69 Å². The van der Waals surface area contributed by atoms with Crippen LogP contribution in [-0.4, -0.2) is 67.0 Å². The van der Waals surface area contributed by atoms with E-state index < -0.39 is 0 Å². The normalized spacial score (nSPS) is 16.6. The van der Waals surface area contributed by atoms with Crippen LogP contribution in [0.15, 0.2) is 34.9 Å². The van der Waals surface area contributed by atoms with E-state index in [1.807, 2.05) is 13.8 Å². The summed E-state index contributed by atoms with van der Waals surface area (Å²) in [6, 6.07) is 8.89. The smallest absolute Gasteiger partial charge is 0.273 e. The molecule has 1 unspecified atom stereocenters. The van der Waals surface area contributed by atoms with Crippen molar-refractivity contribution >= 4 is 11.6 Å². The van der Waals surface area contributed by atoms with Crippen molar-refractivity contribution in [3.63, 3.8) is 0 Å². The highest BCUT2D eigenvalue weighted by Gasteiger charge is 2.20. The Morgan fingerprint density at radius 3 is 2.34 bits per heavy atom. The summed E-state index contributed by atoms with van der Waals surface area (Å²) in [7, 11) is 4.12. The van der Waals surface area contributed by atoms with Gasteiger partial charge < -0.3 is 14.6 Å². The SMILES string of the molecule is CCC(C)NC(=O)c1coc(CN2CCN(Cc3ccc(N(C)C)cc3)CC2)n1. The fourth-order valence-electron chi connectivity index (χ4n) is 3.34. The van der Waals surface area contributed by atoms with Gasteiger partial charge in [-0.25, -0.2) is 4.98 Å². The van der Waals surface area contributed by atoms with Crippen LogP contribution in [0.4, 0.5) is 5.69 Å². The van der Waals surface area contributed by atoms with Crippen LogP contribution in [0.1, 0.15) is 42.2 Å². The second-order valence-corrected chi connectivity index (χ2v) is 8.02. The molecule has 1 amide bonds. The van der Waals surface area contributed by atoms with Crippen molar-refractivity contribution in [2.24, 2.45) is 0 Å². The molecule has 1 aliphatic heterocycles. The summed E-state index contributed by atoms with van der Waals surface area (Å²) in [4.78, 5) is 23.4. The van der Waals surface area contributed by atoms with Crippen LogP contribution in [0.2, 0.25) is 0 Å². The second-order valence-electron chi connectivity index (χ2n) is 8.02.